The molecule has 1 aliphatic rings. The van der Waals surface area contributed by atoms with Gasteiger partial charge in [-0.15, -0.1) is 0 Å². The first-order valence-electron chi connectivity index (χ1n) is 13.1. The average molecular weight is 552 g/mol. The number of ether oxygens (including phenoxy) is 2. The number of rotatable bonds is 5. The van der Waals surface area contributed by atoms with E-state index < -0.39 is 12.0 Å². The molecule has 202 valence electrons. The third-order valence-electron chi connectivity index (χ3n) is 7.66. The van der Waals surface area contributed by atoms with Crippen molar-refractivity contribution in [2.45, 2.75) is 26.8 Å². The van der Waals surface area contributed by atoms with Crippen molar-refractivity contribution in [1.29, 1.82) is 0 Å². The highest BCUT2D eigenvalue weighted by Crippen LogP contribution is 2.40. The van der Waals surface area contributed by atoms with E-state index in [0.29, 0.717) is 26.4 Å². The van der Waals surface area contributed by atoms with Gasteiger partial charge in [-0.1, -0.05) is 59.9 Å². The molecule has 5 aromatic rings. The molecule has 0 fully saturated rings. The topological polar surface area (TPSA) is 74.8 Å². The molecule has 0 N–H and O–H groups in total. The monoisotopic (exact) mass is 551 g/mol. The lowest BCUT2D eigenvalue weighted by atomic mass is 9.90. The lowest BCUT2D eigenvalue weighted by Crippen LogP contribution is -2.40. The maximum Gasteiger partial charge on any atom is 0.338 e. The summed E-state index contributed by atoms with van der Waals surface area (Å²) in [7, 11) is 3.62. The lowest BCUT2D eigenvalue weighted by Gasteiger charge is -2.27. The van der Waals surface area contributed by atoms with Crippen LogP contribution in [0, 0.1) is 6.92 Å². The molecule has 40 heavy (non-hydrogen) atoms. The van der Waals surface area contributed by atoms with E-state index in [0.717, 1.165) is 38.5 Å². The first-order chi connectivity index (χ1) is 19.3. The number of benzene rings is 3. The number of carbonyl (C=O) groups excluding carboxylic acids is 1. The Bertz CT molecular complexity index is 2040. The number of carbonyl (C=O) groups is 1. The minimum Gasteiger partial charge on any atom is -0.496 e. The van der Waals surface area contributed by atoms with Gasteiger partial charge in [-0.3, -0.25) is 9.36 Å². The van der Waals surface area contributed by atoms with Crippen LogP contribution in [0.15, 0.2) is 81.7 Å². The molecule has 3 aromatic carbocycles. The number of para-hydroxylation sites is 1. The zero-order chi connectivity index (χ0) is 28.1. The Morgan fingerprint density at radius 2 is 1.77 bits per heavy atom. The second kappa shape index (κ2) is 9.95. The Morgan fingerprint density at radius 1 is 1.05 bits per heavy atom. The highest BCUT2D eigenvalue weighted by molar-refractivity contribution is 7.07. The maximum atomic E-state index is 14.3. The Kier molecular flexibility index (Phi) is 6.43. The number of thiazole rings is 1. The SMILES string of the molecule is CCOC(=O)C1=C(C)N=c2sc(=Cc3c(C)n(C)c4ccccc34)c(=O)n2[C@@H]1c1c(OC)ccc2ccccc12. The van der Waals surface area contributed by atoms with Crippen LogP contribution in [0.3, 0.4) is 0 Å². The van der Waals surface area contributed by atoms with E-state index in [1.807, 2.05) is 61.7 Å². The highest BCUT2D eigenvalue weighted by atomic mass is 32.1. The molecule has 0 spiro atoms. The zero-order valence-corrected chi connectivity index (χ0v) is 23.8. The van der Waals surface area contributed by atoms with Gasteiger partial charge in [0.15, 0.2) is 4.80 Å². The molecule has 1 aliphatic heterocycles. The van der Waals surface area contributed by atoms with Gasteiger partial charge in [0.1, 0.15) is 11.8 Å². The molecule has 7 nitrogen and oxygen atoms in total. The van der Waals surface area contributed by atoms with Gasteiger partial charge in [-0.05, 0) is 49.8 Å². The van der Waals surface area contributed by atoms with E-state index >= 15 is 0 Å². The quantitative estimate of drug-likeness (QED) is 0.295. The normalized spacial score (nSPS) is 15.4. The highest BCUT2D eigenvalue weighted by Gasteiger charge is 2.36. The van der Waals surface area contributed by atoms with Crippen LogP contribution in [-0.2, 0) is 16.6 Å². The Morgan fingerprint density at radius 3 is 2.52 bits per heavy atom. The fourth-order valence-electron chi connectivity index (χ4n) is 5.66. The first kappa shape index (κ1) is 25.8. The minimum absolute atomic E-state index is 0.208. The molecule has 0 saturated carbocycles. The molecule has 1 atom stereocenters. The molecule has 0 radical (unpaired) electrons. The summed E-state index contributed by atoms with van der Waals surface area (Å²) in [6.07, 6.45) is 1.95. The van der Waals surface area contributed by atoms with Gasteiger partial charge < -0.3 is 14.0 Å². The fraction of sp³-hybridized carbons (Fsp3) is 0.219. The van der Waals surface area contributed by atoms with Crippen LogP contribution < -0.4 is 19.6 Å². The van der Waals surface area contributed by atoms with Crippen molar-refractivity contribution < 1.29 is 14.3 Å². The predicted octanol–water partition coefficient (Wildman–Crippen LogP) is 4.76. The second-order valence-electron chi connectivity index (χ2n) is 9.78. The number of allylic oxidation sites excluding steroid dienone is 1. The van der Waals surface area contributed by atoms with Crippen LogP contribution in [0.25, 0.3) is 27.8 Å². The first-order valence-corrected chi connectivity index (χ1v) is 14.0. The molecule has 0 saturated heterocycles. The summed E-state index contributed by atoms with van der Waals surface area (Å²) in [5, 5.41) is 2.94. The lowest BCUT2D eigenvalue weighted by molar-refractivity contribution is -0.139. The van der Waals surface area contributed by atoms with Crippen molar-refractivity contribution in [3.63, 3.8) is 0 Å². The average Bonchev–Trinajstić information content (AvgIpc) is 3.40. The summed E-state index contributed by atoms with van der Waals surface area (Å²) in [6, 6.07) is 19.1. The molecular formula is C32H29N3O4S. The van der Waals surface area contributed by atoms with Crippen molar-refractivity contribution >= 4 is 45.1 Å². The fourth-order valence-corrected chi connectivity index (χ4v) is 6.69. The van der Waals surface area contributed by atoms with Gasteiger partial charge in [0, 0.05) is 34.8 Å². The Labute approximate surface area is 234 Å². The molecule has 2 aromatic heterocycles. The second-order valence-corrected chi connectivity index (χ2v) is 10.8. The van der Waals surface area contributed by atoms with Crippen LogP contribution in [0.4, 0.5) is 0 Å². The standard InChI is InChI=1S/C32H29N3O4S/c1-6-39-31(37)27-18(2)33-32-35(29(27)28-21-12-8-7-11-20(21)15-16-25(28)38-5)30(36)26(40-32)17-23-19(3)34(4)24-14-10-9-13-22(23)24/h7-17,29H,6H2,1-5H3/t29-/m0/s1. The largest absolute Gasteiger partial charge is 0.496 e. The number of methoxy groups -OCH3 is 1. The number of aromatic nitrogens is 2. The molecule has 6 rings (SSSR count). The molecule has 8 heteroatoms. The molecule has 0 amide bonds. The summed E-state index contributed by atoms with van der Waals surface area (Å²) in [6.45, 7) is 5.82. The van der Waals surface area contributed by atoms with Crippen molar-refractivity contribution in [3.8, 4) is 5.75 Å². The smallest absolute Gasteiger partial charge is 0.338 e. The van der Waals surface area contributed by atoms with Crippen molar-refractivity contribution in [1.82, 2.24) is 9.13 Å². The number of fused-ring (bicyclic) bond motifs is 3. The van der Waals surface area contributed by atoms with Gasteiger partial charge in [0.2, 0.25) is 0 Å². The van der Waals surface area contributed by atoms with Crippen LogP contribution in [0.2, 0.25) is 0 Å². The third-order valence-corrected chi connectivity index (χ3v) is 8.65. The van der Waals surface area contributed by atoms with E-state index in [-0.39, 0.29) is 12.2 Å². The predicted molar refractivity (Wildman–Crippen MR) is 159 cm³/mol. The van der Waals surface area contributed by atoms with Gasteiger partial charge in [0.25, 0.3) is 5.56 Å². The van der Waals surface area contributed by atoms with Gasteiger partial charge in [-0.2, -0.15) is 0 Å². The summed E-state index contributed by atoms with van der Waals surface area (Å²) in [5.41, 5.74) is 4.51. The zero-order valence-electron chi connectivity index (χ0n) is 23.0. The van der Waals surface area contributed by atoms with Gasteiger partial charge >= 0.3 is 5.97 Å². The van der Waals surface area contributed by atoms with E-state index in [2.05, 4.69) is 23.6 Å². The number of hydrogen-bond donors (Lipinski definition) is 0. The van der Waals surface area contributed by atoms with Crippen molar-refractivity contribution in [2.24, 2.45) is 12.0 Å². The Balaban J connectivity index is 1.69. The maximum absolute atomic E-state index is 14.3. The van der Waals surface area contributed by atoms with Crippen LogP contribution >= 0.6 is 11.3 Å². The van der Waals surface area contributed by atoms with Crippen LogP contribution in [0.5, 0.6) is 5.75 Å². The number of aryl methyl sites for hydroxylation is 1. The van der Waals surface area contributed by atoms with Crippen molar-refractivity contribution in [2.75, 3.05) is 13.7 Å². The molecule has 0 bridgehead atoms. The van der Waals surface area contributed by atoms with E-state index in [4.69, 9.17) is 14.5 Å². The number of hydrogen-bond acceptors (Lipinski definition) is 6. The van der Waals surface area contributed by atoms with Crippen LogP contribution in [-0.4, -0.2) is 28.8 Å². The number of nitrogens with zero attached hydrogens (tertiary/aromatic N) is 3. The van der Waals surface area contributed by atoms with E-state index in [9.17, 15) is 9.59 Å². The molecule has 0 aliphatic carbocycles. The van der Waals surface area contributed by atoms with E-state index in [1.54, 1.807) is 25.5 Å². The van der Waals surface area contributed by atoms with Crippen molar-refractivity contribution in [3.05, 3.63) is 108 Å². The molecule has 0 unspecified atom stereocenters. The van der Waals surface area contributed by atoms with E-state index in [1.165, 1.54) is 11.3 Å². The third kappa shape index (κ3) is 3.90. The Hall–Kier alpha value is -4.43. The summed E-state index contributed by atoms with van der Waals surface area (Å²) in [5.74, 6) is 0.0857. The van der Waals surface area contributed by atoms with Gasteiger partial charge in [-0.25, -0.2) is 9.79 Å². The summed E-state index contributed by atoms with van der Waals surface area (Å²) >= 11 is 1.32. The molecule has 3 heterocycles. The minimum atomic E-state index is -0.771. The van der Waals surface area contributed by atoms with Gasteiger partial charge in [0.05, 0.1) is 29.5 Å². The summed E-state index contributed by atoms with van der Waals surface area (Å²) < 4.78 is 15.6. The van der Waals surface area contributed by atoms with Crippen LogP contribution in [0.1, 0.15) is 36.7 Å². The molecular weight excluding hydrogens is 522 g/mol. The summed E-state index contributed by atoms with van der Waals surface area (Å²) in [4.78, 5) is 33.0. The number of esters is 1.